The van der Waals surface area contributed by atoms with Gasteiger partial charge in [0.05, 0.1) is 11.7 Å². The van der Waals surface area contributed by atoms with E-state index in [9.17, 15) is 0 Å². The van der Waals surface area contributed by atoms with Crippen LogP contribution in [0.25, 0.3) is 0 Å². The van der Waals surface area contributed by atoms with E-state index in [4.69, 9.17) is 5.73 Å². The molecule has 2 unspecified atom stereocenters. The third-order valence-electron chi connectivity index (χ3n) is 3.91. The lowest BCUT2D eigenvalue weighted by Crippen LogP contribution is -2.34. The molecule has 1 aliphatic heterocycles. The smallest absolute Gasteiger partial charge is 0.0558 e. The minimum absolute atomic E-state index is 0.435. The van der Waals surface area contributed by atoms with E-state index in [1.54, 1.807) is 0 Å². The Hall–Kier alpha value is -0.870. The highest BCUT2D eigenvalue weighted by molar-refractivity contribution is 5.09. The van der Waals surface area contributed by atoms with Crippen LogP contribution < -0.4 is 5.73 Å². The van der Waals surface area contributed by atoms with Gasteiger partial charge in [-0.2, -0.15) is 5.10 Å². The summed E-state index contributed by atoms with van der Waals surface area (Å²) in [6.07, 6.45) is 5.72. The molecule has 0 radical (unpaired) electrons. The molecule has 0 aliphatic carbocycles. The van der Waals surface area contributed by atoms with E-state index < -0.39 is 0 Å². The van der Waals surface area contributed by atoms with Gasteiger partial charge in [-0.05, 0) is 51.9 Å². The fourth-order valence-electron chi connectivity index (χ4n) is 3.00. The average molecular weight is 236 g/mol. The highest BCUT2D eigenvalue weighted by Crippen LogP contribution is 2.33. The van der Waals surface area contributed by atoms with Gasteiger partial charge >= 0.3 is 0 Å². The van der Waals surface area contributed by atoms with Crippen LogP contribution in [0.3, 0.4) is 0 Å². The molecule has 4 nitrogen and oxygen atoms in total. The fourth-order valence-corrected chi connectivity index (χ4v) is 3.00. The average Bonchev–Trinajstić information content (AvgIpc) is 2.72. The monoisotopic (exact) mass is 236 g/mol. The predicted octanol–water partition coefficient (Wildman–Crippen LogP) is 1.63. The molecule has 0 saturated carbocycles. The Morgan fingerprint density at radius 1 is 1.47 bits per heavy atom. The molecule has 2 N–H and O–H groups in total. The largest absolute Gasteiger partial charge is 0.330 e. The van der Waals surface area contributed by atoms with Crippen molar-refractivity contribution < 1.29 is 0 Å². The first-order chi connectivity index (χ1) is 8.27. The molecular weight excluding hydrogens is 212 g/mol. The molecule has 4 heteroatoms. The number of rotatable bonds is 3. The molecule has 1 aliphatic rings. The summed E-state index contributed by atoms with van der Waals surface area (Å²) in [5.74, 6) is 0.560. The third-order valence-corrected chi connectivity index (χ3v) is 3.91. The van der Waals surface area contributed by atoms with Gasteiger partial charge in [0.25, 0.3) is 0 Å². The summed E-state index contributed by atoms with van der Waals surface area (Å²) in [6.45, 7) is 5.01. The first-order valence-electron chi connectivity index (χ1n) is 6.70. The molecule has 0 aromatic carbocycles. The van der Waals surface area contributed by atoms with Crippen LogP contribution in [-0.4, -0.2) is 34.8 Å². The van der Waals surface area contributed by atoms with E-state index in [-0.39, 0.29) is 0 Å². The summed E-state index contributed by atoms with van der Waals surface area (Å²) in [5.41, 5.74) is 7.29. The number of likely N-dealkylation sites (tertiary alicyclic amines) is 1. The van der Waals surface area contributed by atoms with Crippen LogP contribution in [0.5, 0.6) is 0 Å². The van der Waals surface area contributed by atoms with Crippen molar-refractivity contribution in [2.24, 2.45) is 11.7 Å². The molecule has 1 saturated heterocycles. The van der Waals surface area contributed by atoms with E-state index in [0.717, 1.165) is 19.6 Å². The molecule has 0 amide bonds. The summed E-state index contributed by atoms with van der Waals surface area (Å²) < 4.78 is 2.11. The summed E-state index contributed by atoms with van der Waals surface area (Å²) >= 11 is 0. The van der Waals surface area contributed by atoms with E-state index in [1.807, 2.05) is 6.20 Å². The zero-order valence-electron chi connectivity index (χ0n) is 11.0. The van der Waals surface area contributed by atoms with E-state index >= 15 is 0 Å². The van der Waals surface area contributed by atoms with Crippen LogP contribution in [0, 0.1) is 5.92 Å². The number of aryl methyl sites for hydroxylation is 1. The Bertz CT molecular complexity index is 347. The predicted molar refractivity (Wildman–Crippen MR) is 69.7 cm³/mol. The fraction of sp³-hybridized carbons (Fsp3) is 0.769. The van der Waals surface area contributed by atoms with Crippen LogP contribution in [0.15, 0.2) is 12.3 Å². The minimum atomic E-state index is 0.435. The summed E-state index contributed by atoms with van der Waals surface area (Å²) in [4.78, 5) is 2.45. The molecule has 2 heterocycles. The van der Waals surface area contributed by atoms with Crippen LogP contribution in [-0.2, 0) is 6.54 Å². The maximum atomic E-state index is 5.97. The summed E-state index contributed by atoms with van der Waals surface area (Å²) in [6, 6.07) is 2.59. The highest BCUT2D eigenvalue weighted by atomic mass is 15.3. The normalized spacial score (nSPS) is 27.0. The molecule has 17 heavy (non-hydrogen) atoms. The van der Waals surface area contributed by atoms with Gasteiger partial charge in [-0.15, -0.1) is 0 Å². The molecule has 1 fully saturated rings. The van der Waals surface area contributed by atoms with E-state index in [2.05, 4.69) is 34.7 Å². The SMILES string of the molecule is CCn1nccc1C1C(CN)CCCCN1C. The number of hydrogen-bond donors (Lipinski definition) is 1. The zero-order valence-corrected chi connectivity index (χ0v) is 11.0. The van der Waals surface area contributed by atoms with Crippen molar-refractivity contribution in [2.45, 2.75) is 38.8 Å². The van der Waals surface area contributed by atoms with Crippen molar-refractivity contribution in [3.63, 3.8) is 0 Å². The highest BCUT2D eigenvalue weighted by Gasteiger charge is 2.30. The Morgan fingerprint density at radius 2 is 2.29 bits per heavy atom. The van der Waals surface area contributed by atoms with Gasteiger partial charge in [-0.1, -0.05) is 6.42 Å². The van der Waals surface area contributed by atoms with Gasteiger partial charge in [0.2, 0.25) is 0 Å². The molecule has 0 bridgehead atoms. The van der Waals surface area contributed by atoms with Crippen LogP contribution in [0.2, 0.25) is 0 Å². The molecule has 1 aromatic rings. The molecular formula is C13H24N4. The van der Waals surface area contributed by atoms with Gasteiger partial charge in [-0.25, -0.2) is 0 Å². The minimum Gasteiger partial charge on any atom is -0.330 e. The number of hydrogen-bond acceptors (Lipinski definition) is 3. The Kier molecular flexibility index (Phi) is 4.18. The second-order valence-electron chi connectivity index (χ2n) is 4.99. The maximum Gasteiger partial charge on any atom is 0.0558 e. The first kappa shape index (κ1) is 12.6. The topological polar surface area (TPSA) is 47.1 Å². The second kappa shape index (κ2) is 5.65. The summed E-state index contributed by atoms with van der Waals surface area (Å²) in [7, 11) is 2.21. The lowest BCUT2D eigenvalue weighted by Gasteiger charge is -2.32. The van der Waals surface area contributed by atoms with Crippen molar-refractivity contribution in [3.8, 4) is 0 Å². The molecule has 0 spiro atoms. The van der Waals surface area contributed by atoms with Gasteiger partial charge in [0.15, 0.2) is 0 Å². The van der Waals surface area contributed by atoms with Crippen molar-refractivity contribution in [3.05, 3.63) is 18.0 Å². The number of nitrogens with zero attached hydrogens (tertiary/aromatic N) is 3. The number of nitrogens with two attached hydrogens (primary N) is 1. The van der Waals surface area contributed by atoms with Gasteiger partial charge < -0.3 is 5.73 Å². The standard InChI is InChI=1S/C13H24N4/c1-3-17-12(7-8-15-17)13-11(10-14)6-4-5-9-16(13)2/h7-8,11,13H,3-6,9-10,14H2,1-2H3. The first-order valence-corrected chi connectivity index (χ1v) is 6.70. The number of aromatic nitrogens is 2. The third kappa shape index (κ3) is 2.53. The summed E-state index contributed by atoms with van der Waals surface area (Å²) in [5, 5.41) is 4.39. The van der Waals surface area contributed by atoms with Gasteiger partial charge in [-0.3, -0.25) is 9.58 Å². The van der Waals surface area contributed by atoms with Crippen molar-refractivity contribution in [1.29, 1.82) is 0 Å². The van der Waals surface area contributed by atoms with Crippen LogP contribution in [0.4, 0.5) is 0 Å². The Balaban J connectivity index is 2.30. The van der Waals surface area contributed by atoms with E-state index in [1.165, 1.54) is 25.0 Å². The van der Waals surface area contributed by atoms with Crippen molar-refractivity contribution in [1.82, 2.24) is 14.7 Å². The second-order valence-corrected chi connectivity index (χ2v) is 4.99. The van der Waals surface area contributed by atoms with Crippen LogP contribution in [0.1, 0.15) is 37.9 Å². The quantitative estimate of drug-likeness (QED) is 0.868. The van der Waals surface area contributed by atoms with Crippen molar-refractivity contribution >= 4 is 0 Å². The Labute approximate surface area is 104 Å². The molecule has 2 rings (SSSR count). The maximum absolute atomic E-state index is 5.97. The molecule has 2 atom stereocenters. The lowest BCUT2D eigenvalue weighted by molar-refractivity contribution is 0.185. The van der Waals surface area contributed by atoms with Gasteiger partial charge in [0.1, 0.15) is 0 Å². The zero-order chi connectivity index (χ0) is 12.3. The lowest BCUT2D eigenvalue weighted by atomic mass is 9.92. The molecule has 1 aromatic heterocycles. The Morgan fingerprint density at radius 3 is 3.00 bits per heavy atom. The van der Waals surface area contributed by atoms with E-state index in [0.29, 0.717) is 12.0 Å². The molecule has 96 valence electrons. The van der Waals surface area contributed by atoms with Crippen molar-refractivity contribution in [2.75, 3.05) is 20.1 Å². The van der Waals surface area contributed by atoms with Gasteiger partial charge in [0, 0.05) is 12.7 Å². The van der Waals surface area contributed by atoms with Crippen LogP contribution >= 0.6 is 0 Å².